The lowest BCUT2D eigenvalue weighted by Crippen LogP contribution is -2.59. The van der Waals surface area contributed by atoms with Gasteiger partial charge in [-0.2, -0.15) is 11.8 Å². The number of thioether (sulfide) groups is 1. The maximum Gasteiger partial charge on any atom is 0.326 e. The zero-order chi connectivity index (χ0) is 28.1. The Labute approximate surface area is 220 Å². The van der Waals surface area contributed by atoms with Crippen molar-refractivity contribution in [3.8, 4) is 5.75 Å². The lowest BCUT2D eigenvalue weighted by molar-refractivity contribution is -0.142. The third-order valence-corrected chi connectivity index (χ3v) is 6.16. The minimum Gasteiger partial charge on any atom is -0.508 e. The van der Waals surface area contributed by atoms with Crippen LogP contribution in [0.4, 0.5) is 0 Å². The standard InChI is InChI=1S/C24H37N5O7S/c1-13(2)20(29-21(32)16(25)10-11-37-3)23(34)28-18(12-14-4-6-15(30)7-5-14)22(33)27-17(24(35)36)8-9-19(26)31/h4-7,13,16-18,20,30H,8-12,25H2,1-3H3,(H2,26,31)(H,27,33)(H,28,34)(H,29,32)(H,35,36). The van der Waals surface area contributed by atoms with Crippen molar-refractivity contribution in [1.82, 2.24) is 16.0 Å². The van der Waals surface area contributed by atoms with E-state index in [0.717, 1.165) is 0 Å². The van der Waals surface area contributed by atoms with Crippen LogP contribution in [0.25, 0.3) is 0 Å². The normalized spacial score (nSPS) is 14.2. The summed E-state index contributed by atoms with van der Waals surface area (Å²) in [6, 6.07) is 1.47. The Morgan fingerprint density at radius 1 is 0.919 bits per heavy atom. The van der Waals surface area contributed by atoms with Crippen LogP contribution in [0.3, 0.4) is 0 Å². The zero-order valence-electron chi connectivity index (χ0n) is 21.2. The van der Waals surface area contributed by atoms with Gasteiger partial charge in [0.1, 0.15) is 23.9 Å². The smallest absolute Gasteiger partial charge is 0.326 e. The van der Waals surface area contributed by atoms with Crippen LogP contribution in [0, 0.1) is 5.92 Å². The molecule has 0 bridgehead atoms. The van der Waals surface area contributed by atoms with Crippen LogP contribution < -0.4 is 27.4 Å². The molecule has 0 saturated carbocycles. The van der Waals surface area contributed by atoms with Crippen molar-refractivity contribution < 1.29 is 34.2 Å². The number of carbonyl (C=O) groups excluding carboxylic acids is 4. The van der Waals surface area contributed by atoms with Gasteiger partial charge in [-0.3, -0.25) is 19.2 Å². The van der Waals surface area contributed by atoms with E-state index >= 15 is 0 Å². The SMILES string of the molecule is CSCCC(N)C(=O)NC(C(=O)NC(Cc1ccc(O)cc1)C(=O)NC(CCC(N)=O)C(=O)O)C(C)C. The molecule has 0 aliphatic rings. The number of aromatic hydroxyl groups is 1. The number of phenolic OH excluding ortho intramolecular Hbond substituents is 1. The quantitative estimate of drug-likeness (QED) is 0.144. The minimum absolute atomic E-state index is 0.00609. The highest BCUT2D eigenvalue weighted by Crippen LogP contribution is 2.13. The third kappa shape index (κ3) is 11.5. The number of carboxylic acid groups (broad SMARTS) is 1. The first-order valence-corrected chi connectivity index (χ1v) is 13.2. The molecule has 0 saturated heterocycles. The molecule has 0 aliphatic carbocycles. The lowest BCUT2D eigenvalue weighted by atomic mass is 10.00. The van der Waals surface area contributed by atoms with Gasteiger partial charge in [0.05, 0.1) is 6.04 Å². The van der Waals surface area contributed by atoms with Crippen molar-refractivity contribution >= 4 is 41.4 Å². The van der Waals surface area contributed by atoms with E-state index in [4.69, 9.17) is 11.5 Å². The van der Waals surface area contributed by atoms with Crippen molar-refractivity contribution in [2.45, 2.75) is 63.7 Å². The van der Waals surface area contributed by atoms with Crippen molar-refractivity contribution in [2.75, 3.05) is 12.0 Å². The van der Waals surface area contributed by atoms with Crippen molar-refractivity contribution in [2.24, 2.45) is 17.4 Å². The molecular weight excluding hydrogens is 502 g/mol. The summed E-state index contributed by atoms with van der Waals surface area (Å²) in [7, 11) is 0. The van der Waals surface area contributed by atoms with E-state index in [1.54, 1.807) is 26.0 Å². The highest BCUT2D eigenvalue weighted by molar-refractivity contribution is 7.98. The predicted octanol–water partition coefficient (Wildman–Crippen LogP) is -0.524. The molecule has 1 rings (SSSR count). The minimum atomic E-state index is -1.41. The fourth-order valence-electron chi connectivity index (χ4n) is 3.33. The van der Waals surface area contributed by atoms with Gasteiger partial charge in [0, 0.05) is 12.8 Å². The van der Waals surface area contributed by atoms with E-state index in [2.05, 4.69) is 16.0 Å². The van der Waals surface area contributed by atoms with E-state index < -0.39 is 53.8 Å². The van der Waals surface area contributed by atoms with Crippen LogP contribution in [0.2, 0.25) is 0 Å². The number of rotatable bonds is 16. The molecule has 37 heavy (non-hydrogen) atoms. The van der Waals surface area contributed by atoms with Crippen LogP contribution >= 0.6 is 11.8 Å². The van der Waals surface area contributed by atoms with Gasteiger partial charge in [0.2, 0.25) is 23.6 Å². The van der Waals surface area contributed by atoms with Gasteiger partial charge in [-0.1, -0.05) is 26.0 Å². The van der Waals surface area contributed by atoms with E-state index in [-0.39, 0.29) is 30.9 Å². The molecule has 0 fully saturated rings. The number of carbonyl (C=O) groups is 5. The molecule has 0 spiro atoms. The van der Waals surface area contributed by atoms with Crippen LogP contribution in [0.15, 0.2) is 24.3 Å². The molecule has 0 aromatic heterocycles. The molecule has 4 unspecified atom stereocenters. The molecule has 12 nitrogen and oxygen atoms in total. The van der Waals surface area contributed by atoms with E-state index in [0.29, 0.717) is 17.7 Å². The first-order chi connectivity index (χ1) is 17.3. The first-order valence-electron chi connectivity index (χ1n) is 11.8. The number of nitrogens with two attached hydrogens (primary N) is 2. The summed E-state index contributed by atoms with van der Waals surface area (Å²) in [6.45, 7) is 3.44. The summed E-state index contributed by atoms with van der Waals surface area (Å²) < 4.78 is 0. The molecule has 4 atom stereocenters. The average molecular weight is 540 g/mol. The molecule has 1 aromatic rings. The molecule has 0 radical (unpaired) electrons. The second-order valence-corrected chi connectivity index (χ2v) is 9.94. The Hall–Kier alpha value is -3.32. The van der Waals surface area contributed by atoms with E-state index in [9.17, 15) is 34.2 Å². The lowest BCUT2D eigenvalue weighted by Gasteiger charge is -2.27. The van der Waals surface area contributed by atoms with Gasteiger partial charge in [-0.15, -0.1) is 0 Å². The number of benzene rings is 1. The predicted molar refractivity (Wildman–Crippen MR) is 139 cm³/mol. The Balaban J connectivity index is 3.11. The molecule has 9 N–H and O–H groups in total. The van der Waals surface area contributed by atoms with Crippen molar-refractivity contribution in [3.63, 3.8) is 0 Å². The monoisotopic (exact) mass is 539 g/mol. The highest BCUT2D eigenvalue weighted by Gasteiger charge is 2.32. The van der Waals surface area contributed by atoms with Crippen LogP contribution in [0.1, 0.15) is 38.7 Å². The van der Waals surface area contributed by atoms with Crippen molar-refractivity contribution in [1.29, 1.82) is 0 Å². The number of primary amides is 1. The first kappa shape index (κ1) is 31.7. The Bertz CT molecular complexity index is 942. The van der Waals surface area contributed by atoms with Gasteiger partial charge in [0.25, 0.3) is 0 Å². The zero-order valence-corrected chi connectivity index (χ0v) is 22.0. The second-order valence-electron chi connectivity index (χ2n) is 8.95. The summed E-state index contributed by atoms with van der Waals surface area (Å²) >= 11 is 1.54. The molecule has 4 amide bonds. The molecule has 1 aromatic carbocycles. The van der Waals surface area contributed by atoms with Gasteiger partial charge >= 0.3 is 5.97 Å². The molecular formula is C24H37N5O7S. The van der Waals surface area contributed by atoms with E-state index in [1.807, 2.05) is 6.26 Å². The Morgan fingerprint density at radius 3 is 2.03 bits per heavy atom. The van der Waals surface area contributed by atoms with E-state index in [1.165, 1.54) is 23.9 Å². The molecule has 206 valence electrons. The number of amides is 4. The fourth-order valence-corrected chi connectivity index (χ4v) is 3.82. The molecule has 13 heteroatoms. The number of nitrogens with one attached hydrogen (secondary N) is 3. The summed E-state index contributed by atoms with van der Waals surface area (Å²) in [5.41, 5.74) is 11.6. The van der Waals surface area contributed by atoms with Gasteiger partial charge in [0.15, 0.2) is 0 Å². The second kappa shape index (κ2) is 15.7. The maximum atomic E-state index is 13.2. The van der Waals surface area contributed by atoms with Crippen LogP contribution in [-0.4, -0.2) is 76.0 Å². The van der Waals surface area contributed by atoms with Gasteiger partial charge in [-0.05, 0) is 48.5 Å². The number of carboxylic acids is 1. The Kier molecular flexibility index (Phi) is 13.5. The van der Waals surface area contributed by atoms with Crippen LogP contribution in [0.5, 0.6) is 5.75 Å². The fraction of sp³-hybridized carbons (Fsp3) is 0.542. The molecule has 0 heterocycles. The number of aliphatic carboxylic acids is 1. The molecule has 0 aliphatic heterocycles. The van der Waals surface area contributed by atoms with Gasteiger partial charge in [-0.25, -0.2) is 4.79 Å². The maximum absolute atomic E-state index is 13.2. The summed E-state index contributed by atoms with van der Waals surface area (Å²) in [5.74, 6) is -3.71. The number of phenols is 1. The van der Waals surface area contributed by atoms with Crippen LogP contribution in [-0.2, 0) is 30.4 Å². The third-order valence-electron chi connectivity index (χ3n) is 5.52. The van der Waals surface area contributed by atoms with Gasteiger partial charge < -0.3 is 37.6 Å². The Morgan fingerprint density at radius 2 is 1.51 bits per heavy atom. The summed E-state index contributed by atoms with van der Waals surface area (Å²) in [4.78, 5) is 61.5. The average Bonchev–Trinajstić information content (AvgIpc) is 2.83. The number of hydrogen-bond donors (Lipinski definition) is 7. The van der Waals surface area contributed by atoms with Crippen molar-refractivity contribution in [3.05, 3.63) is 29.8 Å². The largest absolute Gasteiger partial charge is 0.508 e. The summed E-state index contributed by atoms with van der Waals surface area (Å²) in [6.07, 6.45) is 1.79. The topological polar surface area (TPSA) is 214 Å². The highest BCUT2D eigenvalue weighted by atomic mass is 32.2. The summed E-state index contributed by atoms with van der Waals surface area (Å²) in [5, 5.41) is 26.6. The number of hydrogen-bond acceptors (Lipinski definition) is 8.